The first-order chi connectivity index (χ1) is 7.71. The van der Waals surface area contributed by atoms with Crippen molar-refractivity contribution in [1.29, 1.82) is 0 Å². The van der Waals surface area contributed by atoms with Crippen LogP contribution in [0.4, 0.5) is 0 Å². The van der Waals surface area contributed by atoms with Crippen LogP contribution >= 0.6 is 12.2 Å². The summed E-state index contributed by atoms with van der Waals surface area (Å²) in [6, 6.07) is 5.70. The van der Waals surface area contributed by atoms with Crippen molar-refractivity contribution in [2.45, 2.75) is 12.8 Å². The lowest BCUT2D eigenvalue weighted by molar-refractivity contribution is 0.235. The maximum absolute atomic E-state index is 8.56. The number of hydroxylamine groups is 1. The Hall–Kier alpha value is -1.33. The minimum Gasteiger partial charge on any atom is -0.493 e. The van der Waals surface area contributed by atoms with E-state index in [1.165, 1.54) is 0 Å². The third kappa shape index (κ3) is 3.36. The number of methoxy groups -OCH3 is 2. The van der Waals surface area contributed by atoms with Gasteiger partial charge in [-0.25, -0.2) is 0 Å². The quantitative estimate of drug-likeness (QED) is 0.609. The summed E-state index contributed by atoms with van der Waals surface area (Å²) in [6.07, 6.45) is 1.34. The Bertz CT molecular complexity index is 368. The van der Waals surface area contributed by atoms with Crippen LogP contribution in [0.25, 0.3) is 0 Å². The van der Waals surface area contributed by atoms with Crippen LogP contribution in [0.3, 0.4) is 0 Å². The Morgan fingerprint density at radius 1 is 1.31 bits per heavy atom. The Labute approximate surface area is 100 Å². The fourth-order valence-electron chi connectivity index (χ4n) is 1.35. The molecule has 0 aromatic heterocycles. The van der Waals surface area contributed by atoms with Crippen molar-refractivity contribution in [3.8, 4) is 11.5 Å². The van der Waals surface area contributed by atoms with Crippen molar-refractivity contribution in [2.75, 3.05) is 14.2 Å². The third-order valence-electron chi connectivity index (χ3n) is 2.21. The summed E-state index contributed by atoms with van der Waals surface area (Å²) in [5, 5.41) is 8.56. The average Bonchev–Trinajstić information content (AvgIpc) is 2.35. The fourth-order valence-corrected chi connectivity index (χ4v) is 1.45. The molecule has 0 saturated carbocycles. The molecule has 1 aromatic carbocycles. The lowest BCUT2D eigenvalue weighted by Gasteiger charge is -2.09. The SMILES string of the molecule is COc1ccc(CCC(=S)NO)cc1OC. The average molecular weight is 241 g/mol. The summed E-state index contributed by atoms with van der Waals surface area (Å²) in [5.74, 6) is 1.40. The van der Waals surface area contributed by atoms with Gasteiger partial charge >= 0.3 is 0 Å². The van der Waals surface area contributed by atoms with Crippen LogP contribution in [-0.4, -0.2) is 24.4 Å². The van der Waals surface area contributed by atoms with Gasteiger partial charge in [0, 0.05) is 6.42 Å². The molecule has 1 aromatic rings. The van der Waals surface area contributed by atoms with Crippen molar-refractivity contribution in [3.63, 3.8) is 0 Å². The van der Waals surface area contributed by atoms with Crippen LogP contribution in [0, 0.1) is 0 Å². The van der Waals surface area contributed by atoms with E-state index >= 15 is 0 Å². The minimum absolute atomic E-state index is 0.426. The number of nitrogens with one attached hydrogen (secondary N) is 1. The molecule has 88 valence electrons. The molecular formula is C11H15NO3S. The highest BCUT2D eigenvalue weighted by Gasteiger charge is 2.05. The Morgan fingerprint density at radius 2 is 2.00 bits per heavy atom. The van der Waals surface area contributed by atoms with Crippen molar-refractivity contribution in [1.82, 2.24) is 5.48 Å². The zero-order valence-electron chi connectivity index (χ0n) is 9.32. The van der Waals surface area contributed by atoms with Crippen molar-refractivity contribution in [2.24, 2.45) is 0 Å². The highest BCUT2D eigenvalue weighted by molar-refractivity contribution is 7.80. The predicted molar refractivity (Wildman–Crippen MR) is 65.4 cm³/mol. The van der Waals surface area contributed by atoms with Crippen LogP contribution in [0.5, 0.6) is 11.5 Å². The zero-order valence-corrected chi connectivity index (χ0v) is 10.1. The predicted octanol–water partition coefficient (Wildman–Crippen LogP) is 1.94. The minimum atomic E-state index is 0.426. The van der Waals surface area contributed by atoms with E-state index in [0.717, 1.165) is 12.0 Å². The molecule has 1 rings (SSSR count). The third-order valence-corrected chi connectivity index (χ3v) is 2.51. The summed E-state index contributed by atoms with van der Waals surface area (Å²) < 4.78 is 10.3. The molecule has 0 fully saturated rings. The van der Waals surface area contributed by atoms with E-state index in [2.05, 4.69) is 0 Å². The lowest BCUT2D eigenvalue weighted by atomic mass is 10.1. The molecule has 0 atom stereocenters. The van der Waals surface area contributed by atoms with E-state index in [1.54, 1.807) is 14.2 Å². The van der Waals surface area contributed by atoms with Gasteiger partial charge in [0.25, 0.3) is 0 Å². The van der Waals surface area contributed by atoms with Gasteiger partial charge in [-0.1, -0.05) is 18.3 Å². The molecule has 0 aliphatic rings. The second-order valence-corrected chi connectivity index (χ2v) is 3.72. The van der Waals surface area contributed by atoms with Gasteiger partial charge < -0.3 is 9.47 Å². The van der Waals surface area contributed by atoms with E-state index in [9.17, 15) is 0 Å². The molecule has 0 spiro atoms. The largest absolute Gasteiger partial charge is 0.493 e. The Kier molecular flexibility index (Phi) is 5.01. The highest BCUT2D eigenvalue weighted by Crippen LogP contribution is 2.27. The van der Waals surface area contributed by atoms with E-state index in [0.29, 0.717) is 22.9 Å². The molecule has 0 aliphatic carbocycles. The number of aryl methyl sites for hydroxylation is 1. The number of rotatable bonds is 5. The normalized spacial score (nSPS) is 9.69. The highest BCUT2D eigenvalue weighted by atomic mass is 32.1. The molecule has 5 heteroatoms. The first-order valence-corrected chi connectivity index (χ1v) is 5.26. The van der Waals surface area contributed by atoms with Gasteiger partial charge in [-0.2, -0.15) is 0 Å². The van der Waals surface area contributed by atoms with Crippen LogP contribution < -0.4 is 15.0 Å². The van der Waals surface area contributed by atoms with Crippen LogP contribution in [0.15, 0.2) is 18.2 Å². The zero-order chi connectivity index (χ0) is 12.0. The van der Waals surface area contributed by atoms with Crippen molar-refractivity contribution >= 4 is 17.2 Å². The second kappa shape index (κ2) is 6.30. The summed E-state index contributed by atoms with van der Waals surface area (Å²) >= 11 is 4.85. The number of hydrogen-bond donors (Lipinski definition) is 2. The molecular weight excluding hydrogens is 226 g/mol. The second-order valence-electron chi connectivity index (χ2n) is 3.22. The van der Waals surface area contributed by atoms with Gasteiger partial charge in [-0.05, 0) is 24.1 Å². The fraction of sp³-hybridized carbons (Fsp3) is 0.364. The monoisotopic (exact) mass is 241 g/mol. The summed E-state index contributed by atoms with van der Waals surface area (Å²) in [5.41, 5.74) is 3.04. The molecule has 2 N–H and O–H groups in total. The first kappa shape index (κ1) is 12.7. The molecule has 0 bridgehead atoms. The molecule has 0 unspecified atom stereocenters. The van der Waals surface area contributed by atoms with Gasteiger partial charge in [-0.3, -0.25) is 10.7 Å². The van der Waals surface area contributed by atoms with Crippen LogP contribution in [0.1, 0.15) is 12.0 Å². The molecule has 0 heterocycles. The van der Waals surface area contributed by atoms with Crippen molar-refractivity contribution in [3.05, 3.63) is 23.8 Å². The van der Waals surface area contributed by atoms with Crippen molar-refractivity contribution < 1.29 is 14.7 Å². The molecule has 0 radical (unpaired) electrons. The molecule has 0 aliphatic heterocycles. The maximum atomic E-state index is 8.56. The van der Waals surface area contributed by atoms with E-state index < -0.39 is 0 Å². The first-order valence-electron chi connectivity index (χ1n) is 4.85. The summed E-state index contributed by atoms with van der Waals surface area (Å²) in [6.45, 7) is 0. The molecule has 0 saturated heterocycles. The molecule has 4 nitrogen and oxygen atoms in total. The Morgan fingerprint density at radius 3 is 2.56 bits per heavy atom. The van der Waals surface area contributed by atoms with Gasteiger partial charge in [0.05, 0.1) is 14.2 Å². The molecule has 0 amide bonds. The summed E-state index contributed by atoms with van der Waals surface area (Å²) in [4.78, 5) is 0.426. The van der Waals surface area contributed by atoms with E-state index in [4.69, 9.17) is 26.9 Å². The number of hydrogen-bond acceptors (Lipinski definition) is 4. The molecule has 16 heavy (non-hydrogen) atoms. The summed E-state index contributed by atoms with van der Waals surface area (Å²) in [7, 11) is 3.20. The lowest BCUT2D eigenvalue weighted by Crippen LogP contribution is -2.16. The van der Waals surface area contributed by atoms with Gasteiger partial charge in [-0.15, -0.1) is 0 Å². The number of benzene rings is 1. The van der Waals surface area contributed by atoms with Crippen LogP contribution in [0.2, 0.25) is 0 Å². The smallest absolute Gasteiger partial charge is 0.160 e. The Balaban J connectivity index is 2.71. The number of thiocarbonyl (C=S) groups is 1. The topological polar surface area (TPSA) is 50.7 Å². The number of ether oxygens (including phenoxy) is 2. The van der Waals surface area contributed by atoms with Gasteiger partial charge in [0.2, 0.25) is 0 Å². The van der Waals surface area contributed by atoms with Gasteiger partial charge in [0.1, 0.15) is 4.99 Å². The van der Waals surface area contributed by atoms with Crippen LogP contribution in [-0.2, 0) is 6.42 Å². The van der Waals surface area contributed by atoms with Gasteiger partial charge in [0.15, 0.2) is 11.5 Å². The van der Waals surface area contributed by atoms with E-state index in [-0.39, 0.29) is 0 Å². The maximum Gasteiger partial charge on any atom is 0.160 e. The standard InChI is InChI=1S/C11H15NO3S/c1-14-9-5-3-8(7-10(9)15-2)4-6-11(16)12-13/h3,5,7,13H,4,6H2,1-2H3,(H,12,16). The van der Waals surface area contributed by atoms with E-state index in [1.807, 2.05) is 23.7 Å².